The molecule has 0 heterocycles. The van der Waals surface area contributed by atoms with E-state index >= 15 is 0 Å². The molecule has 1 aromatic carbocycles. The summed E-state index contributed by atoms with van der Waals surface area (Å²) in [6.45, 7) is 3.90. The van der Waals surface area contributed by atoms with Gasteiger partial charge in [-0.3, -0.25) is 0 Å². The Morgan fingerprint density at radius 3 is 2.69 bits per heavy atom. The summed E-state index contributed by atoms with van der Waals surface area (Å²) >= 11 is 5.73. The van der Waals surface area contributed by atoms with Gasteiger partial charge in [-0.25, -0.2) is 4.39 Å². The normalized spacial score (nSPS) is 13.1. The van der Waals surface area contributed by atoms with Crippen molar-refractivity contribution >= 4 is 11.6 Å². The molecule has 90 valence electrons. The zero-order valence-electron chi connectivity index (χ0n) is 9.93. The van der Waals surface area contributed by atoms with Crippen LogP contribution in [0.15, 0.2) is 18.2 Å². The zero-order valence-corrected chi connectivity index (χ0v) is 10.7. The average molecular weight is 245 g/mol. The van der Waals surface area contributed by atoms with Crippen molar-refractivity contribution in [3.8, 4) is 0 Å². The first kappa shape index (κ1) is 13.4. The van der Waals surface area contributed by atoms with Crippen LogP contribution in [-0.4, -0.2) is 32.1 Å². The van der Waals surface area contributed by atoms with Crippen LogP contribution in [0.2, 0.25) is 5.02 Å². The fourth-order valence-electron chi connectivity index (χ4n) is 1.40. The number of hydrogen-bond donors (Lipinski definition) is 1. The van der Waals surface area contributed by atoms with Gasteiger partial charge < -0.3 is 10.2 Å². The van der Waals surface area contributed by atoms with E-state index in [0.29, 0.717) is 0 Å². The number of likely N-dealkylation sites (N-methyl/N-ethyl adjacent to an activating group) is 1. The van der Waals surface area contributed by atoms with Gasteiger partial charge >= 0.3 is 0 Å². The molecule has 0 fully saturated rings. The van der Waals surface area contributed by atoms with Crippen LogP contribution in [0, 0.1) is 5.82 Å². The van der Waals surface area contributed by atoms with E-state index in [9.17, 15) is 4.39 Å². The fraction of sp³-hybridized carbons (Fsp3) is 0.500. The number of rotatable bonds is 5. The summed E-state index contributed by atoms with van der Waals surface area (Å²) < 4.78 is 13.0. The first-order valence-electron chi connectivity index (χ1n) is 5.33. The van der Waals surface area contributed by atoms with Crippen LogP contribution in [0.3, 0.4) is 0 Å². The monoisotopic (exact) mass is 244 g/mol. The Bertz CT molecular complexity index is 342. The predicted molar refractivity (Wildman–Crippen MR) is 66.4 cm³/mol. The molecule has 16 heavy (non-hydrogen) atoms. The maximum atomic E-state index is 13.0. The molecule has 0 bridgehead atoms. The predicted octanol–water partition coefficient (Wildman–Crippen LogP) is 2.69. The molecule has 0 amide bonds. The van der Waals surface area contributed by atoms with Gasteiger partial charge in [-0.1, -0.05) is 17.7 Å². The molecule has 0 aliphatic rings. The highest BCUT2D eigenvalue weighted by Crippen LogP contribution is 2.20. The Balaban J connectivity index is 2.52. The Morgan fingerprint density at radius 1 is 1.44 bits per heavy atom. The smallest absolute Gasteiger partial charge is 0.141 e. The number of halogens is 2. The highest BCUT2D eigenvalue weighted by Gasteiger charge is 2.07. The highest BCUT2D eigenvalue weighted by molar-refractivity contribution is 6.30. The van der Waals surface area contributed by atoms with E-state index < -0.39 is 0 Å². The molecule has 1 rings (SSSR count). The van der Waals surface area contributed by atoms with Crippen molar-refractivity contribution in [3.63, 3.8) is 0 Å². The average Bonchev–Trinajstić information content (AvgIpc) is 2.21. The molecule has 0 aliphatic carbocycles. The molecule has 0 saturated carbocycles. The van der Waals surface area contributed by atoms with E-state index in [4.69, 9.17) is 11.6 Å². The van der Waals surface area contributed by atoms with Crippen LogP contribution in [0.4, 0.5) is 4.39 Å². The van der Waals surface area contributed by atoms with Crippen LogP contribution in [0.1, 0.15) is 18.5 Å². The lowest BCUT2D eigenvalue weighted by Crippen LogP contribution is -2.28. The van der Waals surface area contributed by atoms with Crippen molar-refractivity contribution in [2.24, 2.45) is 0 Å². The quantitative estimate of drug-likeness (QED) is 0.857. The first-order valence-corrected chi connectivity index (χ1v) is 5.71. The van der Waals surface area contributed by atoms with Gasteiger partial charge in [0.1, 0.15) is 5.82 Å². The van der Waals surface area contributed by atoms with Crippen molar-refractivity contribution in [2.75, 3.05) is 27.2 Å². The van der Waals surface area contributed by atoms with E-state index in [2.05, 4.69) is 10.2 Å². The lowest BCUT2D eigenvalue weighted by atomic mass is 10.1. The second-order valence-electron chi connectivity index (χ2n) is 4.15. The molecule has 1 atom stereocenters. The molecular weight excluding hydrogens is 227 g/mol. The third kappa shape index (κ3) is 4.08. The zero-order chi connectivity index (χ0) is 12.1. The largest absolute Gasteiger partial charge is 0.309 e. The number of benzene rings is 1. The van der Waals surface area contributed by atoms with E-state index in [1.54, 1.807) is 12.1 Å². The molecular formula is C12H18ClFN2. The summed E-state index contributed by atoms with van der Waals surface area (Å²) in [4.78, 5) is 2.11. The van der Waals surface area contributed by atoms with Crippen molar-refractivity contribution in [1.29, 1.82) is 0 Å². The van der Waals surface area contributed by atoms with Gasteiger partial charge in [0, 0.05) is 19.1 Å². The molecule has 2 nitrogen and oxygen atoms in total. The first-order chi connectivity index (χ1) is 7.50. The Hall–Kier alpha value is -0.640. The standard InChI is InChI=1S/C12H18ClFN2/c1-9(15-6-7-16(2)3)10-4-5-12(14)11(13)8-10/h4-5,8-9,15H,6-7H2,1-3H3. The molecule has 4 heteroatoms. The minimum absolute atomic E-state index is 0.179. The summed E-state index contributed by atoms with van der Waals surface area (Å²) in [5.74, 6) is -0.370. The topological polar surface area (TPSA) is 15.3 Å². The Labute approximate surface area is 101 Å². The van der Waals surface area contributed by atoms with Crippen LogP contribution >= 0.6 is 11.6 Å². The summed E-state index contributed by atoms with van der Waals surface area (Å²) in [5.41, 5.74) is 1.00. The van der Waals surface area contributed by atoms with Crippen molar-refractivity contribution in [2.45, 2.75) is 13.0 Å². The summed E-state index contributed by atoms with van der Waals surface area (Å²) in [7, 11) is 4.06. The second kappa shape index (κ2) is 6.18. The molecule has 0 radical (unpaired) electrons. The fourth-order valence-corrected chi connectivity index (χ4v) is 1.59. The van der Waals surface area contributed by atoms with Gasteiger partial charge in [-0.05, 0) is 38.7 Å². The van der Waals surface area contributed by atoms with E-state index in [1.807, 2.05) is 21.0 Å². The summed E-state index contributed by atoms with van der Waals surface area (Å²) in [5, 5.41) is 3.53. The van der Waals surface area contributed by atoms with Crippen molar-refractivity contribution in [1.82, 2.24) is 10.2 Å². The second-order valence-corrected chi connectivity index (χ2v) is 4.56. The Kier molecular flexibility index (Phi) is 5.19. The third-order valence-electron chi connectivity index (χ3n) is 2.45. The van der Waals surface area contributed by atoms with Crippen LogP contribution < -0.4 is 5.32 Å². The van der Waals surface area contributed by atoms with Gasteiger partial charge in [0.25, 0.3) is 0 Å². The minimum atomic E-state index is -0.370. The lowest BCUT2D eigenvalue weighted by molar-refractivity contribution is 0.389. The molecule has 0 aliphatic heterocycles. The third-order valence-corrected chi connectivity index (χ3v) is 2.74. The van der Waals surface area contributed by atoms with Gasteiger partial charge in [-0.15, -0.1) is 0 Å². The highest BCUT2D eigenvalue weighted by atomic mass is 35.5. The summed E-state index contributed by atoms with van der Waals surface area (Å²) in [6, 6.07) is 5.01. The van der Waals surface area contributed by atoms with E-state index in [-0.39, 0.29) is 16.9 Å². The van der Waals surface area contributed by atoms with E-state index in [1.165, 1.54) is 6.07 Å². The summed E-state index contributed by atoms with van der Waals surface area (Å²) in [6.07, 6.45) is 0. The molecule has 0 saturated heterocycles. The van der Waals surface area contributed by atoms with Crippen LogP contribution in [0.25, 0.3) is 0 Å². The molecule has 1 unspecified atom stereocenters. The molecule has 0 spiro atoms. The number of nitrogens with zero attached hydrogens (tertiary/aromatic N) is 1. The van der Waals surface area contributed by atoms with Crippen LogP contribution in [0.5, 0.6) is 0 Å². The SMILES string of the molecule is CC(NCCN(C)C)c1ccc(F)c(Cl)c1. The Morgan fingerprint density at radius 2 is 2.12 bits per heavy atom. The van der Waals surface area contributed by atoms with Crippen molar-refractivity contribution in [3.05, 3.63) is 34.6 Å². The maximum Gasteiger partial charge on any atom is 0.141 e. The number of nitrogens with one attached hydrogen (secondary N) is 1. The van der Waals surface area contributed by atoms with Gasteiger partial charge in [0.05, 0.1) is 5.02 Å². The molecule has 1 aromatic rings. The maximum absolute atomic E-state index is 13.0. The van der Waals surface area contributed by atoms with Crippen molar-refractivity contribution < 1.29 is 4.39 Å². The molecule has 1 N–H and O–H groups in total. The van der Waals surface area contributed by atoms with E-state index in [0.717, 1.165) is 18.7 Å². The van der Waals surface area contributed by atoms with Crippen LogP contribution in [-0.2, 0) is 0 Å². The lowest BCUT2D eigenvalue weighted by Gasteiger charge is -2.16. The van der Waals surface area contributed by atoms with Gasteiger partial charge in [0.2, 0.25) is 0 Å². The molecule has 0 aromatic heterocycles. The van der Waals surface area contributed by atoms with Gasteiger partial charge in [-0.2, -0.15) is 0 Å². The number of hydrogen-bond acceptors (Lipinski definition) is 2. The minimum Gasteiger partial charge on any atom is -0.309 e. The van der Waals surface area contributed by atoms with Gasteiger partial charge in [0.15, 0.2) is 0 Å².